The van der Waals surface area contributed by atoms with Crippen molar-refractivity contribution in [2.24, 2.45) is 0 Å². The Bertz CT molecular complexity index is 832. The van der Waals surface area contributed by atoms with Crippen LogP contribution in [0, 0.1) is 0 Å². The van der Waals surface area contributed by atoms with E-state index in [0.717, 1.165) is 19.6 Å². The number of aliphatic carboxylic acids is 2. The zero-order valence-electron chi connectivity index (χ0n) is 24.8. The third-order valence-electron chi connectivity index (χ3n) is 7.93. The summed E-state index contributed by atoms with van der Waals surface area (Å²) in [5, 5.41) is 31.0. The number of pyridine rings is 1. The van der Waals surface area contributed by atoms with Crippen LogP contribution in [-0.4, -0.2) is 63.9 Å². The molecule has 1 unspecified atom stereocenters. The zero-order chi connectivity index (χ0) is 28.5. The van der Waals surface area contributed by atoms with E-state index in [1.165, 1.54) is 75.6 Å². The van der Waals surface area contributed by atoms with Gasteiger partial charge in [-0.25, -0.2) is 0 Å². The van der Waals surface area contributed by atoms with Crippen molar-refractivity contribution in [3.63, 3.8) is 0 Å². The van der Waals surface area contributed by atoms with E-state index in [2.05, 4.69) is 46.4 Å². The Hall–Kier alpha value is -1.55. The van der Waals surface area contributed by atoms with Crippen molar-refractivity contribution in [3.05, 3.63) is 29.6 Å². The van der Waals surface area contributed by atoms with Gasteiger partial charge in [-0.2, -0.15) is 0 Å². The quantitative estimate of drug-likeness (QED) is 0.281. The second kappa shape index (κ2) is 21.2. The number of hydrogen-bond acceptors (Lipinski definition) is 7. The number of carboxylic acids is 2. The van der Waals surface area contributed by atoms with Gasteiger partial charge in [0.1, 0.15) is 0 Å². The molecule has 1 aromatic heterocycles. The molecule has 10 heteroatoms. The van der Waals surface area contributed by atoms with Gasteiger partial charge in [0.2, 0.25) is 0 Å². The van der Waals surface area contributed by atoms with Crippen LogP contribution >= 0.6 is 0 Å². The van der Waals surface area contributed by atoms with Gasteiger partial charge in [0.15, 0.2) is 0 Å². The number of carboxylic acid groups (broad SMARTS) is 2. The van der Waals surface area contributed by atoms with E-state index in [9.17, 15) is 9.59 Å². The van der Waals surface area contributed by atoms with Gasteiger partial charge in [0.25, 0.3) is 0 Å². The molecule has 229 valence electrons. The zero-order valence-corrected chi connectivity index (χ0v) is 25.9. The van der Waals surface area contributed by atoms with E-state index in [-0.39, 0.29) is 29.9 Å². The summed E-state index contributed by atoms with van der Waals surface area (Å²) in [6.07, 6.45) is 13.4. The number of aromatic nitrogens is 1. The summed E-state index contributed by atoms with van der Waals surface area (Å²) in [6.45, 7) is 8.40. The molecule has 9 nitrogen and oxygen atoms in total. The molecule has 2 fully saturated rings. The fraction of sp³-hybridized carbons (Fsp3) is 0.767. The maximum Gasteiger partial charge on any atom is 0.303 e. The van der Waals surface area contributed by atoms with E-state index in [0.29, 0.717) is 30.2 Å². The van der Waals surface area contributed by atoms with Crippen molar-refractivity contribution >= 4 is 11.9 Å². The molecule has 5 atom stereocenters. The summed E-state index contributed by atoms with van der Waals surface area (Å²) in [7, 11) is 0. The molecule has 1 aliphatic heterocycles. The maximum atomic E-state index is 9.37. The SMILES string of the molecule is CCC(=O)O.CCC(=O)O.CCC1CCN[C@@H]2CCCC[C@H]2NCc2cccc(n2)CN[C@@H]2CCCC[C@H]2N1.[Mn]. The molecule has 2 bridgehead atoms. The number of carbonyl (C=O) groups is 2. The summed E-state index contributed by atoms with van der Waals surface area (Å²) in [5.41, 5.74) is 2.34. The van der Waals surface area contributed by atoms with Crippen LogP contribution in [0.5, 0.6) is 0 Å². The minimum absolute atomic E-state index is 0. The standard InChI is InChI=1S/C24H41N5.2C3H6O2.Mn/c1-2-18-14-15-25-21-10-3-4-11-22(21)26-16-19-8-7-9-20(28-19)17-27-23-12-5-6-13-24(23)29-18;2*1-2-3(4)5;/h7-9,18,21-27,29H,2-6,10-17H2,1H3;2*2H2,1H3,(H,4,5);/t18?,21-,22-,23-,24-;;;/m1.../s1. The molecule has 6 N–H and O–H groups in total. The number of nitrogens with zero attached hydrogens (tertiary/aromatic N) is 1. The molecule has 1 radical (unpaired) electrons. The van der Waals surface area contributed by atoms with Gasteiger partial charge in [-0.3, -0.25) is 14.6 Å². The summed E-state index contributed by atoms with van der Waals surface area (Å²) in [6, 6.07) is 9.44. The summed E-state index contributed by atoms with van der Waals surface area (Å²) < 4.78 is 0. The molecule has 2 aliphatic carbocycles. The first-order valence-corrected chi connectivity index (χ1v) is 15.2. The third kappa shape index (κ3) is 14.4. The second-order valence-corrected chi connectivity index (χ2v) is 10.9. The Morgan fingerprint density at radius 1 is 0.750 bits per heavy atom. The molecule has 40 heavy (non-hydrogen) atoms. The number of fused-ring (bicyclic) bond motifs is 4. The molecule has 2 saturated carbocycles. The molecule has 0 spiro atoms. The van der Waals surface area contributed by atoms with Gasteiger partial charge in [-0.1, -0.05) is 52.5 Å². The number of rotatable bonds is 3. The first-order valence-electron chi connectivity index (χ1n) is 15.2. The van der Waals surface area contributed by atoms with E-state index in [1.54, 1.807) is 13.8 Å². The van der Waals surface area contributed by atoms with Gasteiger partial charge in [-0.05, 0) is 57.2 Å². The van der Waals surface area contributed by atoms with Crippen LogP contribution in [0.15, 0.2) is 18.2 Å². The average molecular weight is 603 g/mol. The molecule has 0 amide bonds. The minimum atomic E-state index is -0.745. The van der Waals surface area contributed by atoms with Crippen molar-refractivity contribution in [3.8, 4) is 0 Å². The Labute approximate surface area is 251 Å². The molecule has 3 aliphatic rings. The van der Waals surface area contributed by atoms with Gasteiger partial charge in [0.05, 0.1) is 11.4 Å². The summed E-state index contributed by atoms with van der Waals surface area (Å²) in [5.74, 6) is -1.49. The molecule has 1 aromatic rings. The first-order chi connectivity index (χ1) is 18.9. The van der Waals surface area contributed by atoms with Crippen molar-refractivity contribution in [1.82, 2.24) is 26.3 Å². The molecule has 0 saturated heterocycles. The van der Waals surface area contributed by atoms with Crippen LogP contribution in [0.3, 0.4) is 0 Å². The molecular weight excluding hydrogens is 549 g/mol. The van der Waals surface area contributed by atoms with Crippen LogP contribution in [0.2, 0.25) is 0 Å². The Morgan fingerprint density at radius 2 is 1.18 bits per heavy atom. The van der Waals surface area contributed by atoms with Crippen molar-refractivity contribution < 1.29 is 36.9 Å². The van der Waals surface area contributed by atoms with Crippen LogP contribution in [-0.2, 0) is 39.7 Å². The fourth-order valence-electron chi connectivity index (χ4n) is 5.54. The van der Waals surface area contributed by atoms with Crippen LogP contribution < -0.4 is 21.3 Å². The van der Waals surface area contributed by atoms with E-state index < -0.39 is 11.9 Å². The molecular formula is C30H53MnN5O4. The molecule has 4 rings (SSSR count). The van der Waals surface area contributed by atoms with Crippen molar-refractivity contribution in [2.75, 3.05) is 6.54 Å². The molecule has 0 aromatic carbocycles. The topological polar surface area (TPSA) is 136 Å². The minimum Gasteiger partial charge on any atom is -0.481 e. The van der Waals surface area contributed by atoms with E-state index in [4.69, 9.17) is 15.2 Å². The van der Waals surface area contributed by atoms with Crippen molar-refractivity contribution in [2.45, 2.75) is 141 Å². The Balaban J connectivity index is 0.000000628. The van der Waals surface area contributed by atoms with Crippen LogP contribution in [0.25, 0.3) is 0 Å². The van der Waals surface area contributed by atoms with Gasteiger partial charge >= 0.3 is 11.9 Å². The molecule has 2 heterocycles. The normalized spacial score (nSPS) is 27.0. The Morgan fingerprint density at radius 3 is 1.62 bits per heavy atom. The van der Waals surface area contributed by atoms with E-state index >= 15 is 0 Å². The first kappa shape index (κ1) is 36.5. The van der Waals surface area contributed by atoms with Crippen LogP contribution in [0.1, 0.15) is 109 Å². The maximum absolute atomic E-state index is 9.37. The number of hydrogen-bond donors (Lipinski definition) is 6. The van der Waals surface area contributed by atoms with Crippen molar-refractivity contribution in [1.29, 1.82) is 0 Å². The largest absolute Gasteiger partial charge is 0.481 e. The average Bonchev–Trinajstić information content (AvgIpc) is 2.96. The smallest absolute Gasteiger partial charge is 0.303 e. The Kier molecular flexibility index (Phi) is 19.3. The predicted octanol–water partition coefficient (Wildman–Crippen LogP) is 4.20. The van der Waals surface area contributed by atoms with Gasteiger partial charge in [-0.15, -0.1) is 0 Å². The summed E-state index contributed by atoms with van der Waals surface area (Å²) >= 11 is 0. The monoisotopic (exact) mass is 602 g/mol. The van der Waals surface area contributed by atoms with Gasteiger partial charge < -0.3 is 31.5 Å². The second-order valence-electron chi connectivity index (χ2n) is 10.9. The van der Waals surface area contributed by atoms with E-state index in [1.807, 2.05) is 0 Å². The number of nitrogens with one attached hydrogen (secondary N) is 4. The third-order valence-corrected chi connectivity index (χ3v) is 7.93. The van der Waals surface area contributed by atoms with Crippen LogP contribution in [0.4, 0.5) is 0 Å². The van der Waals surface area contributed by atoms with Gasteiger partial charge in [0, 0.05) is 73.2 Å². The summed E-state index contributed by atoms with van der Waals surface area (Å²) in [4.78, 5) is 23.7. The predicted molar refractivity (Wildman–Crippen MR) is 156 cm³/mol. The fourth-order valence-corrected chi connectivity index (χ4v) is 5.54.